The van der Waals surface area contributed by atoms with Crippen LogP contribution in [0.4, 0.5) is 4.39 Å². The molecule has 0 fully saturated rings. The van der Waals surface area contributed by atoms with Crippen molar-refractivity contribution < 1.29 is 9.18 Å². The fourth-order valence-corrected chi connectivity index (χ4v) is 3.98. The molecule has 0 bridgehead atoms. The number of hydrogen-bond donors (Lipinski definition) is 2. The smallest absolute Gasteiger partial charge is 0.267 e. The Balaban J connectivity index is 1.67. The number of fused-ring (bicyclic) bond motifs is 2. The van der Waals surface area contributed by atoms with Gasteiger partial charge in [-0.1, -0.05) is 24.3 Å². The summed E-state index contributed by atoms with van der Waals surface area (Å²) in [5.41, 5.74) is 2.73. The van der Waals surface area contributed by atoms with Gasteiger partial charge in [-0.3, -0.25) is 24.4 Å². The van der Waals surface area contributed by atoms with Gasteiger partial charge in [0.2, 0.25) is 0 Å². The molecule has 0 unspecified atom stereocenters. The van der Waals surface area contributed by atoms with Gasteiger partial charge < -0.3 is 9.88 Å². The number of aryl methyl sites for hydroxylation is 1. The summed E-state index contributed by atoms with van der Waals surface area (Å²) in [6.45, 7) is 2.21. The second-order valence-corrected chi connectivity index (χ2v) is 8.20. The first kappa shape index (κ1) is 22.1. The molecule has 1 aromatic carbocycles. The lowest BCUT2D eigenvalue weighted by Gasteiger charge is -2.15. The molecule has 0 radical (unpaired) electrons. The Morgan fingerprint density at radius 1 is 1.09 bits per heavy atom. The number of aromatic nitrogens is 4. The van der Waals surface area contributed by atoms with Crippen molar-refractivity contribution in [1.82, 2.24) is 24.3 Å². The maximum absolute atomic E-state index is 13.4. The van der Waals surface area contributed by atoms with Gasteiger partial charge in [0, 0.05) is 25.1 Å². The summed E-state index contributed by atoms with van der Waals surface area (Å²) in [6.07, 6.45) is 4.94. The van der Waals surface area contributed by atoms with Gasteiger partial charge >= 0.3 is 0 Å². The molecule has 35 heavy (non-hydrogen) atoms. The number of carbonyl (C=O) groups is 1. The number of benzene rings is 1. The number of nitrogens with one attached hydrogen (secondary N) is 2. The lowest BCUT2D eigenvalue weighted by Crippen LogP contribution is -2.35. The van der Waals surface area contributed by atoms with Gasteiger partial charge in [-0.25, -0.2) is 9.37 Å². The van der Waals surface area contributed by atoms with Crippen molar-refractivity contribution in [3.63, 3.8) is 0 Å². The van der Waals surface area contributed by atoms with Crippen molar-refractivity contribution >= 4 is 22.6 Å². The van der Waals surface area contributed by atoms with E-state index in [1.165, 1.54) is 22.6 Å². The van der Waals surface area contributed by atoms with Crippen molar-refractivity contribution in [2.45, 2.75) is 20.0 Å². The summed E-state index contributed by atoms with van der Waals surface area (Å²) >= 11 is 0. The van der Waals surface area contributed by atoms with Crippen LogP contribution >= 0.6 is 0 Å². The lowest BCUT2D eigenvalue weighted by atomic mass is 10.1. The molecule has 1 amide bonds. The molecule has 2 N–H and O–H groups in total. The second-order valence-electron chi connectivity index (χ2n) is 8.20. The van der Waals surface area contributed by atoms with Gasteiger partial charge in [-0.05, 0) is 53.9 Å². The third-order valence-corrected chi connectivity index (χ3v) is 5.81. The van der Waals surface area contributed by atoms with Crippen molar-refractivity contribution in [3.05, 3.63) is 117 Å². The predicted molar refractivity (Wildman–Crippen MR) is 128 cm³/mol. The van der Waals surface area contributed by atoms with Crippen LogP contribution in [0.1, 0.15) is 27.0 Å². The van der Waals surface area contributed by atoms with E-state index in [0.29, 0.717) is 16.9 Å². The Bertz CT molecular complexity index is 1690. The largest absolute Gasteiger partial charge is 0.348 e. The monoisotopic (exact) mass is 468 g/mol. The van der Waals surface area contributed by atoms with E-state index in [2.05, 4.69) is 10.3 Å². The van der Waals surface area contributed by atoms with Crippen LogP contribution in [0.25, 0.3) is 16.7 Å². The Kier molecular flexibility index (Phi) is 5.66. The molecule has 4 heterocycles. The third-order valence-electron chi connectivity index (χ3n) is 5.81. The van der Waals surface area contributed by atoms with E-state index in [1.807, 2.05) is 19.1 Å². The number of pyridine rings is 3. The van der Waals surface area contributed by atoms with Crippen LogP contribution in [0.5, 0.6) is 0 Å². The molecule has 5 rings (SSSR count). The van der Waals surface area contributed by atoms with E-state index in [-0.39, 0.29) is 40.9 Å². The molecule has 8 nitrogen and oxygen atoms in total. The number of halogens is 1. The zero-order valence-electron chi connectivity index (χ0n) is 18.8. The Morgan fingerprint density at radius 3 is 2.63 bits per heavy atom. The molecule has 0 saturated heterocycles. The molecular weight excluding hydrogens is 447 g/mol. The number of hydrogen-bond acceptors (Lipinski definition) is 5. The highest BCUT2D eigenvalue weighted by molar-refractivity contribution is 5.96. The fourth-order valence-electron chi connectivity index (χ4n) is 3.98. The Morgan fingerprint density at radius 2 is 1.89 bits per heavy atom. The first-order valence-electron chi connectivity index (χ1n) is 10.9. The lowest BCUT2D eigenvalue weighted by molar-refractivity contribution is 0.0948. The van der Waals surface area contributed by atoms with Crippen LogP contribution in [-0.2, 0) is 13.1 Å². The van der Waals surface area contributed by atoms with Crippen LogP contribution in [0.15, 0.2) is 78.0 Å². The molecule has 0 saturated carbocycles. The molecule has 0 spiro atoms. The molecule has 0 aliphatic heterocycles. The van der Waals surface area contributed by atoms with E-state index in [1.54, 1.807) is 47.4 Å². The summed E-state index contributed by atoms with van der Waals surface area (Å²) < 4.78 is 16.2. The summed E-state index contributed by atoms with van der Waals surface area (Å²) in [7, 11) is 0. The minimum Gasteiger partial charge on any atom is -0.348 e. The average molecular weight is 468 g/mol. The molecule has 0 aliphatic rings. The van der Waals surface area contributed by atoms with Crippen LogP contribution in [0.2, 0.25) is 0 Å². The maximum atomic E-state index is 13.4. The number of nitrogens with zero attached hydrogens (tertiary/aromatic N) is 4. The highest BCUT2D eigenvalue weighted by Crippen LogP contribution is 2.14. The predicted octanol–water partition coefficient (Wildman–Crippen LogP) is 2.95. The van der Waals surface area contributed by atoms with Gasteiger partial charge in [-0.2, -0.15) is 0 Å². The van der Waals surface area contributed by atoms with E-state index in [9.17, 15) is 14.0 Å². The van der Waals surface area contributed by atoms with Gasteiger partial charge in [-0.15, -0.1) is 0 Å². The highest BCUT2D eigenvalue weighted by atomic mass is 19.1. The molecule has 4 aromatic heterocycles. The Hall–Kier alpha value is -4.66. The minimum absolute atomic E-state index is 0.0370. The quantitative estimate of drug-likeness (QED) is 0.387. The number of amides is 1. The normalized spacial score (nSPS) is 11.1. The first-order valence-corrected chi connectivity index (χ1v) is 10.9. The van der Waals surface area contributed by atoms with Crippen LogP contribution in [0.3, 0.4) is 0 Å². The molecule has 0 atom stereocenters. The zero-order valence-corrected chi connectivity index (χ0v) is 18.8. The highest BCUT2D eigenvalue weighted by Gasteiger charge is 2.18. The summed E-state index contributed by atoms with van der Waals surface area (Å²) in [5.74, 6) is -0.884. The molecule has 9 heteroatoms. The van der Waals surface area contributed by atoms with E-state index in [4.69, 9.17) is 10.4 Å². The minimum atomic E-state index is -0.519. The molecule has 0 aliphatic carbocycles. The van der Waals surface area contributed by atoms with Gasteiger partial charge in [0.05, 0.1) is 17.5 Å². The standard InChI is InChI=1S/C26H21FN6O2/c1-16-4-3-11-32-23(16)31-24-21(26(32)35)12-20(22(28)33(24)15-18-5-2-10-29-13-18)25(34)30-14-17-6-8-19(27)9-7-17/h2-13,28H,14-15H2,1H3,(H,30,34). The SMILES string of the molecule is Cc1cccn2c(=O)c3cc(C(=O)NCc4ccc(F)cc4)c(=N)n(Cc4cccnc4)c3nc12. The average Bonchev–Trinajstić information content (AvgIpc) is 2.86. The summed E-state index contributed by atoms with van der Waals surface area (Å²) in [4.78, 5) is 35.4. The van der Waals surface area contributed by atoms with Crippen molar-refractivity contribution in [2.75, 3.05) is 0 Å². The molecular formula is C26H21FN6O2. The Labute approximate surface area is 198 Å². The summed E-state index contributed by atoms with van der Waals surface area (Å²) in [6, 6.07) is 14.4. The summed E-state index contributed by atoms with van der Waals surface area (Å²) in [5, 5.41) is 11.8. The maximum Gasteiger partial charge on any atom is 0.267 e. The van der Waals surface area contributed by atoms with E-state index in [0.717, 1.165) is 11.1 Å². The van der Waals surface area contributed by atoms with Gasteiger partial charge in [0.1, 0.15) is 22.6 Å². The second kappa shape index (κ2) is 8.94. The number of carbonyl (C=O) groups excluding carboxylic acids is 1. The van der Waals surface area contributed by atoms with Crippen molar-refractivity contribution in [2.24, 2.45) is 0 Å². The molecule has 5 aromatic rings. The fraction of sp³-hybridized carbons (Fsp3) is 0.115. The first-order chi connectivity index (χ1) is 16.9. The van der Waals surface area contributed by atoms with Crippen molar-refractivity contribution in [1.29, 1.82) is 5.41 Å². The van der Waals surface area contributed by atoms with Gasteiger partial charge in [0.15, 0.2) is 0 Å². The van der Waals surface area contributed by atoms with E-state index >= 15 is 0 Å². The van der Waals surface area contributed by atoms with Crippen LogP contribution in [-0.4, -0.2) is 24.8 Å². The van der Waals surface area contributed by atoms with Crippen molar-refractivity contribution in [3.8, 4) is 0 Å². The van der Waals surface area contributed by atoms with Gasteiger partial charge in [0.25, 0.3) is 11.5 Å². The van der Waals surface area contributed by atoms with Crippen LogP contribution < -0.4 is 16.4 Å². The zero-order chi connectivity index (χ0) is 24.5. The van der Waals surface area contributed by atoms with E-state index < -0.39 is 5.91 Å². The third kappa shape index (κ3) is 4.19. The topological polar surface area (TPSA) is 105 Å². The molecule has 174 valence electrons. The van der Waals surface area contributed by atoms with Crippen LogP contribution in [0, 0.1) is 18.2 Å². The number of rotatable bonds is 5.